The fraction of sp³-hybridized carbons (Fsp3) is 1.00. The highest BCUT2D eigenvalue weighted by Gasteiger charge is 2.42. The van der Waals surface area contributed by atoms with Crippen molar-refractivity contribution in [3.63, 3.8) is 0 Å². The van der Waals surface area contributed by atoms with Crippen LogP contribution in [0.5, 0.6) is 0 Å². The van der Waals surface area contributed by atoms with E-state index in [0.29, 0.717) is 25.9 Å². The second-order valence-electron chi connectivity index (χ2n) is 3.31. The highest BCUT2D eigenvalue weighted by molar-refractivity contribution is 6.58. The van der Waals surface area contributed by atoms with Gasteiger partial charge in [0.15, 0.2) is 0 Å². The van der Waals surface area contributed by atoms with Gasteiger partial charge in [0.1, 0.15) is 0 Å². The number of rotatable bonds is 9. The topological polar surface area (TPSA) is 39.7 Å². The second-order valence-corrected chi connectivity index (χ2v) is 5.58. The fourth-order valence-corrected chi connectivity index (χ4v) is 3.67. The van der Waals surface area contributed by atoms with E-state index in [4.69, 9.17) is 13.3 Å². The van der Waals surface area contributed by atoms with Crippen molar-refractivity contribution in [2.75, 3.05) is 19.8 Å². The molecule has 15 heavy (non-hydrogen) atoms. The van der Waals surface area contributed by atoms with Crippen molar-refractivity contribution in [2.45, 2.75) is 47.1 Å². The van der Waals surface area contributed by atoms with Crippen LogP contribution in [0.25, 0.3) is 0 Å². The molecule has 0 fully saturated rings. The third-order valence-electron chi connectivity index (χ3n) is 2.04. The Balaban J connectivity index is 4.44. The average Bonchev–Trinajstić information content (AvgIpc) is 2.18. The highest BCUT2D eigenvalue weighted by Crippen LogP contribution is 2.08. The van der Waals surface area contributed by atoms with Gasteiger partial charge in [-0.1, -0.05) is 13.8 Å². The molecule has 0 aliphatic rings. The Hall–Kier alpha value is 0.0569. The first-order chi connectivity index (χ1) is 7.14. The van der Waals surface area contributed by atoms with Crippen LogP contribution in [0.2, 0.25) is 0 Å². The van der Waals surface area contributed by atoms with Gasteiger partial charge in [-0.15, -0.1) is 0 Å². The lowest BCUT2D eigenvalue weighted by molar-refractivity contribution is 0.0565. The van der Waals surface area contributed by atoms with Crippen LogP contribution < -0.4 is 4.98 Å². The molecule has 92 valence electrons. The van der Waals surface area contributed by atoms with Crippen molar-refractivity contribution in [3.05, 3.63) is 0 Å². The normalized spacial score (nSPS) is 14.2. The Bertz CT molecular complexity index is 141. The summed E-state index contributed by atoms with van der Waals surface area (Å²) in [6.07, 6.45) is 1.03. The van der Waals surface area contributed by atoms with E-state index in [1.54, 1.807) is 0 Å². The molecule has 0 saturated carbocycles. The van der Waals surface area contributed by atoms with E-state index in [2.05, 4.69) is 18.8 Å². The molecule has 0 rings (SSSR count). The zero-order valence-corrected chi connectivity index (χ0v) is 11.6. The third kappa shape index (κ3) is 5.63. The Morgan fingerprint density at radius 3 is 1.60 bits per heavy atom. The lowest BCUT2D eigenvalue weighted by Crippen LogP contribution is -2.61. The zero-order valence-electron chi connectivity index (χ0n) is 10.6. The lowest BCUT2D eigenvalue weighted by Gasteiger charge is -2.30. The van der Waals surface area contributed by atoms with Gasteiger partial charge in [-0.2, -0.15) is 0 Å². The molecule has 0 amide bonds. The molecule has 0 aromatic rings. The Labute approximate surface area is 94.7 Å². The Morgan fingerprint density at radius 1 is 0.933 bits per heavy atom. The summed E-state index contributed by atoms with van der Waals surface area (Å²) in [6.45, 7) is 11.9. The van der Waals surface area contributed by atoms with E-state index in [0.717, 1.165) is 6.42 Å². The molecule has 4 nitrogen and oxygen atoms in total. The molecule has 0 radical (unpaired) electrons. The summed E-state index contributed by atoms with van der Waals surface area (Å²) >= 11 is 0. The van der Waals surface area contributed by atoms with Crippen molar-refractivity contribution in [3.8, 4) is 0 Å². The van der Waals surface area contributed by atoms with Gasteiger partial charge >= 0.3 is 8.97 Å². The van der Waals surface area contributed by atoms with E-state index in [9.17, 15) is 0 Å². The van der Waals surface area contributed by atoms with Gasteiger partial charge in [0.25, 0.3) is 0 Å². The molecule has 0 heterocycles. The van der Waals surface area contributed by atoms with Gasteiger partial charge in [0.05, 0.1) is 0 Å². The van der Waals surface area contributed by atoms with Crippen molar-refractivity contribution in [2.24, 2.45) is 0 Å². The maximum Gasteiger partial charge on any atom is 0.596 e. The number of hydrogen-bond donors (Lipinski definition) is 1. The Kier molecular flexibility index (Phi) is 8.27. The van der Waals surface area contributed by atoms with Crippen LogP contribution in [-0.2, 0) is 13.3 Å². The maximum absolute atomic E-state index is 5.67. The van der Waals surface area contributed by atoms with Crippen LogP contribution >= 0.6 is 0 Å². The molecule has 0 saturated heterocycles. The lowest BCUT2D eigenvalue weighted by atomic mass is 10.3. The standard InChI is InChI=1S/C10H25NO3Si/c1-6-10(5)11-15(12-7-2,13-8-3)14-9-4/h10-11H,6-9H2,1-5H3. The van der Waals surface area contributed by atoms with Crippen LogP contribution in [-0.4, -0.2) is 34.8 Å². The molecule has 1 atom stereocenters. The minimum Gasteiger partial charge on any atom is -0.361 e. The smallest absolute Gasteiger partial charge is 0.361 e. The summed E-state index contributed by atoms with van der Waals surface area (Å²) in [5.74, 6) is 0. The van der Waals surface area contributed by atoms with Gasteiger partial charge in [0.2, 0.25) is 0 Å². The van der Waals surface area contributed by atoms with Crippen LogP contribution in [0.3, 0.4) is 0 Å². The summed E-state index contributed by atoms with van der Waals surface area (Å²) in [5.41, 5.74) is 0. The predicted octanol–water partition coefficient (Wildman–Crippen LogP) is 1.92. The fourth-order valence-electron chi connectivity index (χ4n) is 1.22. The van der Waals surface area contributed by atoms with E-state index in [-0.39, 0.29) is 0 Å². The second kappa shape index (κ2) is 8.24. The van der Waals surface area contributed by atoms with E-state index >= 15 is 0 Å². The van der Waals surface area contributed by atoms with E-state index in [1.165, 1.54) is 0 Å². The first-order valence-corrected chi connectivity index (χ1v) is 7.56. The van der Waals surface area contributed by atoms with Crippen molar-refractivity contribution < 1.29 is 13.3 Å². The van der Waals surface area contributed by atoms with Gasteiger partial charge in [-0.25, -0.2) is 0 Å². The quantitative estimate of drug-likeness (QED) is 0.620. The summed E-state index contributed by atoms with van der Waals surface area (Å²) in [5, 5.41) is 0. The highest BCUT2D eigenvalue weighted by atomic mass is 28.4. The average molecular weight is 235 g/mol. The molecule has 0 aromatic heterocycles. The van der Waals surface area contributed by atoms with Gasteiger partial charge < -0.3 is 13.3 Å². The van der Waals surface area contributed by atoms with Crippen LogP contribution in [0.1, 0.15) is 41.0 Å². The third-order valence-corrected chi connectivity index (χ3v) is 4.89. The molecule has 5 heteroatoms. The van der Waals surface area contributed by atoms with Gasteiger partial charge in [-0.3, -0.25) is 4.98 Å². The minimum atomic E-state index is -2.63. The molecule has 0 spiro atoms. The Morgan fingerprint density at radius 2 is 1.33 bits per heavy atom. The molecule has 0 bridgehead atoms. The molecule has 1 unspecified atom stereocenters. The molecular formula is C10H25NO3Si. The minimum absolute atomic E-state index is 0.348. The summed E-state index contributed by atoms with van der Waals surface area (Å²) in [7, 11) is -2.63. The molecule has 0 aromatic carbocycles. The maximum atomic E-state index is 5.67. The van der Waals surface area contributed by atoms with Gasteiger partial charge in [0, 0.05) is 25.9 Å². The summed E-state index contributed by atoms with van der Waals surface area (Å²) in [6, 6.07) is 0.348. The largest absolute Gasteiger partial charge is 0.596 e. The zero-order chi connectivity index (χ0) is 11.7. The predicted molar refractivity (Wildman–Crippen MR) is 63.5 cm³/mol. The van der Waals surface area contributed by atoms with Crippen LogP contribution in [0, 0.1) is 0 Å². The monoisotopic (exact) mass is 235 g/mol. The SMILES string of the molecule is CCO[Si](NC(C)CC)(OCC)OCC. The summed E-state index contributed by atoms with van der Waals surface area (Å²) < 4.78 is 17.0. The first-order valence-electron chi connectivity index (χ1n) is 5.83. The molecule has 0 aliphatic carbocycles. The van der Waals surface area contributed by atoms with Crippen molar-refractivity contribution >= 4 is 8.97 Å². The van der Waals surface area contributed by atoms with Gasteiger partial charge in [-0.05, 0) is 27.2 Å². The molecule has 0 aliphatic heterocycles. The van der Waals surface area contributed by atoms with Crippen molar-refractivity contribution in [1.29, 1.82) is 0 Å². The van der Waals surface area contributed by atoms with E-state index in [1.807, 2.05) is 20.8 Å². The van der Waals surface area contributed by atoms with E-state index < -0.39 is 8.97 Å². The van der Waals surface area contributed by atoms with Crippen LogP contribution in [0.4, 0.5) is 0 Å². The first kappa shape index (κ1) is 15.1. The molecular weight excluding hydrogens is 210 g/mol. The number of nitrogens with one attached hydrogen (secondary N) is 1. The number of hydrogen-bond acceptors (Lipinski definition) is 4. The molecule has 1 N–H and O–H groups in total. The van der Waals surface area contributed by atoms with Crippen LogP contribution in [0.15, 0.2) is 0 Å². The summed E-state index contributed by atoms with van der Waals surface area (Å²) in [4.78, 5) is 3.36. The van der Waals surface area contributed by atoms with Crippen molar-refractivity contribution in [1.82, 2.24) is 4.98 Å².